The first-order valence-electron chi connectivity index (χ1n) is 6.59. The van der Waals surface area contributed by atoms with Gasteiger partial charge in [0, 0.05) is 13.1 Å². The molecule has 0 bridgehead atoms. The molecule has 1 amide bonds. The number of amides is 1. The van der Waals surface area contributed by atoms with Crippen LogP contribution >= 0.6 is 0 Å². The number of likely N-dealkylation sites (N-methyl/N-ethyl adjacent to an activating group) is 1. The Morgan fingerprint density at radius 2 is 2.16 bits per heavy atom. The van der Waals surface area contributed by atoms with Gasteiger partial charge in [-0.1, -0.05) is 26.0 Å². The molecule has 0 aliphatic carbocycles. The van der Waals surface area contributed by atoms with Crippen molar-refractivity contribution in [2.75, 3.05) is 27.2 Å². The fourth-order valence-electron chi connectivity index (χ4n) is 1.76. The first-order valence-corrected chi connectivity index (χ1v) is 6.59. The van der Waals surface area contributed by atoms with E-state index in [1.54, 1.807) is 7.11 Å². The molecular formula is C15H24N2O2. The molecule has 0 aliphatic rings. The molecule has 4 nitrogen and oxygen atoms in total. The van der Waals surface area contributed by atoms with Gasteiger partial charge in [-0.05, 0) is 30.7 Å². The molecule has 4 heteroatoms. The van der Waals surface area contributed by atoms with Crippen LogP contribution in [0.2, 0.25) is 0 Å². The molecule has 0 radical (unpaired) electrons. The highest BCUT2D eigenvalue weighted by molar-refractivity contribution is 5.77. The first-order chi connectivity index (χ1) is 9.01. The van der Waals surface area contributed by atoms with E-state index in [0.717, 1.165) is 24.4 Å². The van der Waals surface area contributed by atoms with Crippen LogP contribution in [0.1, 0.15) is 19.4 Å². The Morgan fingerprint density at radius 3 is 2.79 bits per heavy atom. The summed E-state index contributed by atoms with van der Waals surface area (Å²) in [7, 11) is 3.59. The Hall–Kier alpha value is -1.55. The zero-order valence-electron chi connectivity index (χ0n) is 12.3. The van der Waals surface area contributed by atoms with Gasteiger partial charge in [0.25, 0.3) is 0 Å². The van der Waals surface area contributed by atoms with Crippen molar-refractivity contribution in [1.29, 1.82) is 0 Å². The van der Waals surface area contributed by atoms with Gasteiger partial charge in [0.15, 0.2) is 0 Å². The van der Waals surface area contributed by atoms with E-state index in [1.807, 2.05) is 36.2 Å². The Labute approximate surface area is 115 Å². The van der Waals surface area contributed by atoms with Crippen molar-refractivity contribution in [3.05, 3.63) is 29.8 Å². The van der Waals surface area contributed by atoms with Gasteiger partial charge in [0.05, 0.1) is 13.7 Å². The third-order valence-corrected chi connectivity index (χ3v) is 2.71. The molecule has 1 N–H and O–H groups in total. The second-order valence-corrected chi connectivity index (χ2v) is 5.22. The van der Waals surface area contributed by atoms with Crippen molar-refractivity contribution < 1.29 is 9.53 Å². The lowest BCUT2D eigenvalue weighted by Crippen LogP contribution is -2.36. The first kappa shape index (κ1) is 15.5. The summed E-state index contributed by atoms with van der Waals surface area (Å²) in [5.74, 6) is 1.39. The lowest BCUT2D eigenvalue weighted by atomic mass is 10.2. The topological polar surface area (TPSA) is 41.6 Å². The minimum Gasteiger partial charge on any atom is -0.497 e. The Kier molecular flexibility index (Phi) is 6.36. The highest BCUT2D eigenvalue weighted by Crippen LogP contribution is 2.13. The maximum atomic E-state index is 11.7. The summed E-state index contributed by atoms with van der Waals surface area (Å²) in [6, 6.07) is 7.90. The smallest absolute Gasteiger partial charge is 0.234 e. The number of carbonyl (C=O) groups excluding carboxylic acids is 1. The lowest BCUT2D eigenvalue weighted by Gasteiger charge is -2.17. The van der Waals surface area contributed by atoms with Gasteiger partial charge in [-0.2, -0.15) is 0 Å². The van der Waals surface area contributed by atoms with E-state index in [-0.39, 0.29) is 5.91 Å². The predicted octanol–water partition coefficient (Wildman–Crippen LogP) is 1.90. The number of benzene rings is 1. The summed E-state index contributed by atoms with van der Waals surface area (Å²) in [5.41, 5.74) is 1.14. The Morgan fingerprint density at radius 1 is 1.42 bits per heavy atom. The minimum absolute atomic E-state index is 0.0686. The number of carbonyl (C=O) groups is 1. The van der Waals surface area contributed by atoms with Gasteiger partial charge in [0.2, 0.25) is 5.91 Å². The van der Waals surface area contributed by atoms with E-state index >= 15 is 0 Å². The molecule has 0 atom stereocenters. The maximum absolute atomic E-state index is 11.7. The Balaban J connectivity index is 2.41. The average Bonchev–Trinajstić information content (AvgIpc) is 2.36. The van der Waals surface area contributed by atoms with Crippen LogP contribution in [-0.2, 0) is 11.3 Å². The van der Waals surface area contributed by atoms with Crippen LogP contribution in [0.25, 0.3) is 0 Å². The van der Waals surface area contributed by atoms with Gasteiger partial charge in [0.1, 0.15) is 5.75 Å². The van der Waals surface area contributed by atoms with Crippen molar-refractivity contribution in [1.82, 2.24) is 10.2 Å². The van der Waals surface area contributed by atoms with E-state index in [0.29, 0.717) is 12.5 Å². The van der Waals surface area contributed by atoms with Gasteiger partial charge in [-0.3, -0.25) is 9.69 Å². The third kappa shape index (κ3) is 6.25. The number of rotatable bonds is 7. The monoisotopic (exact) mass is 264 g/mol. The number of ether oxygens (including phenoxy) is 1. The van der Waals surface area contributed by atoms with Crippen LogP contribution in [0.5, 0.6) is 5.75 Å². The maximum Gasteiger partial charge on any atom is 0.234 e. The average molecular weight is 264 g/mol. The SMILES string of the molecule is COc1cccc(CN(C)CC(=O)NCC(C)C)c1. The van der Waals surface area contributed by atoms with E-state index < -0.39 is 0 Å². The van der Waals surface area contributed by atoms with Crippen LogP contribution in [0, 0.1) is 5.92 Å². The number of hydrogen-bond acceptors (Lipinski definition) is 3. The van der Waals surface area contributed by atoms with Crippen molar-refractivity contribution in [3.8, 4) is 5.75 Å². The second-order valence-electron chi connectivity index (χ2n) is 5.22. The number of nitrogens with zero attached hydrogens (tertiary/aromatic N) is 1. The molecule has 0 saturated heterocycles. The summed E-state index contributed by atoms with van der Waals surface area (Å²) in [6.45, 7) is 6.03. The standard InChI is InChI=1S/C15H24N2O2/c1-12(2)9-16-15(18)11-17(3)10-13-6-5-7-14(8-13)19-4/h5-8,12H,9-11H2,1-4H3,(H,16,18). The molecule has 0 aliphatic heterocycles. The molecule has 1 aromatic carbocycles. The molecule has 1 aromatic rings. The molecule has 0 fully saturated rings. The van der Waals surface area contributed by atoms with Crippen molar-refractivity contribution in [3.63, 3.8) is 0 Å². The van der Waals surface area contributed by atoms with E-state index in [1.165, 1.54) is 0 Å². The third-order valence-electron chi connectivity index (χ3n) is 2.71. The highest BCUT2D eigenvalue weighted by atomic mass is 16.5. The number of methoxy groups -OCH3 is 1. The summed E-state index contributed by atoms with van der Waals surface area (Å²) >= 11 is 0. The van der Waals surface area contributed by atoms with Crippen LogP contribution in [0.4, 0.5) is 0 Å². The zero-order valence-corrected chi connectivity index (χ0v) is 12.3. The van der Waals surface area contributed by atoms with E-state index in [9.17, 15) is 4.79 Å². The minimum atomic E-state index is 0.0686. The summed E-state index contributed by atoms with van der Waals surface area (Å²) in [5, 5.41) is 2.92. The summed E-state index contributed by atoms with van der Waals surface area (Å²) in [6.07, 6.45) is 0. The van der Waals surface area contributed by atoms with Crippen molar-refractivity contribution in [2.45, 2.75) is 20.4 Å². The lowest BCUT2D eigenvalue weighted by molar-refractivity contribution is -0.122. The van der Waals surface area contributed by atoms with Gasteiger partial charge in [-0.15, -0.1) is 0 Å². The molecule has 106 valence electrons. The van der Waals surface area contributed by atoms with Crippen LogP contribution in [0.3, 0.4) is 0 Å². The molecule has 0 heterocycles. The van der Waals surface area contributed by atoms with Crippen LogP contribution in [-0.4, -0.2) is 38.1 Å². The van der Waals surface area contributed by atoms with E-state index in [2.05, 4.69) is 19.2 Å². The van der Waals surface area contributed by atoms with Crippen LogP contribution in [0.15, 0.2) is 24.3 Å². The number of nitrogens with one attached hydrogen (secondary N) is 1. The zero-order chi connectivity index (χ0) is 14.3. The highest BCUT2D eigenvalue weighted by Gasteiger charge is 2.07. The fraction of sp³-hybridized carbons (Fsp3) is 0.533. The van der Waals surface area contributed by atoms with Gasteiger partial charge >= 0.3 is 0 Å². The van der Waals surface area contributed by atoms with Crippen molar-refractivity contribution >= 4 is 5.91 Å². The number of hydrogen-bond donors (Lipinski definition) is 1. The van der Waals surface area contributed by atoms with Crippen molar-refractivity contribution in [2.24, 2.45) is 5.92 Å². The fourth-order valence-corrected chi connectivity index (χ4v) is 1.76. The van der Waals surface area contributed by atoms with Gasteiger partial charge in [-0.25, -0.2) is 0 Å². The van der Waals surface area contributed by atoms with Gasteiger partial charge < -0.3 is 10.1 Å². The molecule has 0 saturated carbocycles. The second kappa shape index (κ2) is 7.79. The predicted molar refractivity (Wildman–Crippen MR) is 77.2 cm³/mol. The Bertz CT molecular complexity index is 405. The van der Waals surface area contributed by atoms with Crippen LogP contribution < -0.4 is 10.1 Å². The summed E-state index contributed by atoms with van der Waals surface area (Å²) in [4.78, 5) is 13.7. The quantitative estimate of drug-likeness (QED) is 0.818. The molecular weight excluding hydrogens is 240 g/mol. The molecule has 19 heavy (non-hydrogen) atoms. The normalized spacial score (nSPS) is 10.8. The molecule has 0 spiro atoms. The van der Waals surface area contributed by atoms with E-state index in [4.69, 9.17) is 4.74 Å². The molecule has 0 aromatic heterocycles. The largest absolute Gasteiger partial charge is 0.497 e. The summed E-state index contributed by atoms with van der Waals surface area (Å²) < 4.78 is 5.18. The molecule has 0 unspecified atom stereocenters. The molecule has 1 rings (SSSR count).